The molecule has 1 atom stereocenters. The monoisotopic (exact) mass is 367 g/mol. The molecule has 1 amide bonds. The van der Waals surface area contributed by atoms with E-state index in [1.807, 2.05) is 12.1 Å². The minimum atomic E-state index is -1.56. The van der Waals surface area contributed by atoms with Crippen LogP contribution >= 0.6 is 0 Å². The van der Waals surface area contributed by atoms with Crippen LogP contribution in [0.1, 0.15) is 33.3 Å². The molecule has 0 bridgehead atoms. The average Bonchev–Trinajstić information content (AvgIpc) is 3.36. The first kappa shape index (κ1) is 20.0. The molecule has 1 aromatic carbocycles. The summed E-state index contributed by atoms with van der Waals surface area (Å²) in [5.41, 5.74) is -1.92. The van der Waals surface area contributed by atoms with Gasteiger partial charge in [-0.05, 0) is 33.3 Å². The minimum absolute atomic E-state index is 0.0299. The number of hydrogen-bond acceptors (Lipinski definition) is 6. The van der Waals surface area contributed by atoms with Gasteiger partial charge in [0.05, 0.1) is 13.2 Å². The van der Waals surface area contributed by atoms with Crippen molar-refractivity contribution in [1.29, 1.82) is 10.5 Å². The van der Waals surface area contributed by atoms with E-state index in [1.165, 1.54) is 4.90 Å². The Kier molecular flexibility index (Phi) is 5.56. The molecular weight excluding hydrogens is 346 g/mol. The zero-order valence-electron chi connectivity index (χ0n) is 15.8. The molecule has 7 nitrogen and oxygen atoms in total. The third-order valence-corrected chi connectivity index (χ3v) is 3.92. The zero-order valence-corrected chi connectivity index (χ0v) is 15.8. The number of rotatable bonds is 4. The molecular formula is C20H21N3O4. The van der Waals surface area contributed by atoms with Crippen molar-refractivity contribution in [2.75, 3.05) is 13.2 Å². The number of nitrogens with zero attached hydrogens (tertiary/aromatic N) is 3. The highest BCUT2D eigenvalue weighted by Gasteiger charge is 2.67. The Morgan fingerprint density at radius 3 is 2.26 bits per heavy atom. The second kappa shape index (κ2) is 7.51. The van der Waals surface area contributed by atoms with Gasteiger partial charge in [0.1, 0.15) is 23.3 Å². The van der Waals surface area contributed by atoms with Crippen LogP contribution in [0, 0.1) is 22.7 Å². The van der Waals surface area contributed by atoms with Gasteiger partial charge in [-0.25, -0.2) is 9.59 Å². The molecule has 0 saturated carbocycles. The van der Waals surface area contributed by atoms with Crippen molar-refractivity contribution >= 4 is 17.6 Å². The topological polar surface area (TPSA) is 103 Å². The van der Waals surface area contributed by atoms with E-state index in [9.17, 15) is 20.1 Å². The number of esters is 1. The maximum absolute atomic E-state index is 12.8. The lowest BCUT2D eigenvalue weighted by molar-refractivity contribution is -0.145. The van der Waals surface area contributed by atoms with Gasteiger partial charge in [-0.2, -0.15) is 10.5 Å². The number of carbonyl (C=O) groups is 2. The van der Waals surface area contributed by atoms with Crippen molar-refractivity contribution < 1.29 is 19.1 Å². The van der Waals surface area contributed by atoms with E-state index in [0.717, 1.165) is 0 Å². The molecule has 27 heavy (non-hydrogen) atoms. The quantitative estimate of drug-likeness (QED) is 0.460. The molecule has 0 spiro atoms. The third-order valence-electron chi connectivity index (χ3n) is 3.92. The largest absolute Gasteiger partial charge is 0.464 e. The molecule has 1 aliphatic heterocycles. The number of carbonyl (C=O) groups excluding carboxylic acids is 2. The Labute approximate surface area is 158 Å². The number of allylic oxidation sites excluding steroid dienone is 1. The zero-order chi connectivity index (χ0) is 20.2. The standard InChI is InChI=1S/C20H21N3O4/c1-5-26-17(24)20(13-23(20)18(25)27-19(2,3)4)16(15(11-21)12-22)14-9-7-6-8-10-14/h6-10H,5,13H2,1-4H3/t20-,23?/m1/s1. The summed E-state index contributed by atoms with van der Waals surface area (Å²) < 4.78 is 10.5. The SMILES string of the molecule is CCOC(=O)[C@]1(C(=C(C#N)C#N)c2ccccc2)CN1C(=O)OC(C)(C)C. The maximum atomic E-state index is 12.8. The van der Waals surface area contributed by atoms with Crippen LogP contribution in [0.3, 0.4) is 0 Å². The fraction of sp³-hybridized carbons (Fsp3) is 0.400. The Morgan fingerprint density at radius 1 is 1.19 bits per heavy atom. The second-order valence-corrected chi connectivity index (χ2v) is 6.99. The van der Waals surface area contributed by atoms with Crippen LogP contribution < -0.4 is 0 Å². The molecule has 1 heterocycles. The molecule has 140 valence electrons. The molecule has 1 fully saturated rings. The predicted octanol–water partition coefficient (Wildman–Crippen LogP) is 3.04. The second-order valence-electron chi connectivity index (χ2n) is 6.99. The smallest absolute Gasteiger partial charge is 0.411 e. The summed E-state index contributed by atoms with van der Waals surface area (Å²) in [6.07, 6.45) is -0.709. The van der Waals surface area contributed by atoms with Gasteiger partial charge in [0.25, 0.3) is 0 Å². The fourth-order valence-electron chi connectivity index (χ4n) is 2.80. The average molecular weight is 367 g/mol. The number of amides is 1. The maximum Gasteiger partial charge on any atom is 0.411 e. The van der Waals surface area contributed by atoms with Crippen molar-refractivity contribution in [2.24, 2.45) is 0 Å². The normalized spacial score (nSPS) is 17.9. The van der Waals surface area contributed by atoms with Crippen LogP contribution in [0.15, 0.2) is 35.9 Å². The summed E-state index contributed by atoms with van der Waals surface area (Å²) in [4.78, 5) is 26.6. The summed E-state index contributed by atoms with van der Waals surface area (Å²) in [7, 11) is 0. The van der Waals surface area contributed by atoms with E-state index < -0.39 is 23.2 Å². The highest BCUT2D eigenvalue weighted by molar-refractivity contribution is 6.07. The lowest BCUT2D eigenvalue weighted by Gasteiger charge is -2.23. The van der Waals surface area contributed by atoms with Crippen molar-refractivity contribution in [2.45, 2.75) is 38.8 Å². The van der Waals surface area contributed by atoms with Gasteiger partial charge >= 0.3 is 12.1 Å². The molecule has 2 rings (SSSR count). The first-order valence-electron chi connectivity index (χ1n) is 8.49. The summed E-state index contributed by atoms with van der Waals surface area (Å²) in [5.74, 6) is -0.697. The Bertz CT molecular complexity index is 840. The summed E-state index contributed by atoms with van der Waals surface area (Å²) >= 11 is 0. The van der Waals surface area contributed by atoms with Gasteiger partial charge in [-0.1, -0.05) is 30.3 Å². The van der Waals surface area contributed by atoms with Gasteiger partial charge in [-0.3, -0.25) is 4.90 Å². The van der Waals surface area contributed by atoms with Crippen molar-refractivity contribution in [1.82, 2.24) is 4.90 Å². The highest BCUT2D eigenvalue weighted by atomic mass is 16.6. The molecule has 0 aromatic heterocycles. The number of ether oxygens (including phenoxy) is 2. The lowest BCUT2D eigenvalue weighted by Crippen LogP contribution is -2.38. The van der Waals surface area contributed by atoms with E-state index in [2.05, 4.69) is 0 Å². The van der Waals surface area contributed by atoms with E-state index in [4.69, 9.17) is 9.47 Å². The number of benzene rings is 1. The van der Waals surface area contributed by atoms with Crippen LogP contribution in [-0.2, 0) is 14.3 Å². The Balaban J connectivity index is 2.62. The van der Waals surface area contributed by atoms with Gasteiger partial charge in [0.2, 0.25) is 0 Å². The van der Waals surface area contributed by atoms with Crippen LogP contribution in [0.4, 0.5) is 4.79 Å². The molecule has 1 saturated heterocycles. The Hall–Kier alpha value is -3.32. The third kappa shape index (κ3) is 3.93. The molecule has 0 unspecified atom stereocenters. The Morgan fingerprint density at radius 2 is 1.78 bits per heavy atom. The van der Waals surface area contributed by atoms with Crippen LogP contribution in [0.25, 0.3) is 5.57 Å². The molecule has 0 aliphatic carbocycles. The highest BCUT2D eigenvalue weighted by Crippen LogP contribution is 2.47. The van der Waals surface area contributed by atoms with Crippen molar-refractivity contribution in [3.05, 3.63) is 41.5 Å². The lowest BCUT2D eigenvalue weighted by atomic mass is 9.88. The van der Waals surface area contributed by atoms with Crippen LogP contribution in [0.2, 0.25) is 0 Å². The molecule has 1 aliphatic rings. The van der Waals surface area contributed by atoms with E-state index in [-0.39, 0.29) is 24.3 Å². The molecule has 7 heteroatoms. The first-order chi connectivity index (χ1) is 12.7. The summed E-state index contributed by atoms with van der Waals surface area (Å²) in [6, 6.07) is 12.2. The predicted molar refractivity (Wildman–Crippen MR) is 96.9 cm³/mol. The van der Waals surface area contributed by atoms with Crippen molar-refractivity contribution in [3.8, 4) is 12.1 Å². The first-order valence-corrected chi connectivity index (χ1v) is 8.49. The summed E-state index contributed by atoms with van der Waals surface area (Å²) in [6.45, 7) is 6.85. The van der Waals surface area contributed by atoms with Gasteiger partial charge in [0, 0.05) is 5.57 Å². The van der Waals surface area contributed by atoms with Crippen molar-refractivity contribution in [3.63, 3.8) is 0 Å². The van der Waals surface area contributed by atoms with Crippen LogP contribution in [0.5, 0.6) is 0 Å². The molecule has 1 aromatic rings. The van der Waals surface area contributed by atoms with E-state index in [0.29, 0.717) is 5.56 Å². The minimum Gasteiger partial charge on any atom is -0.464 e. The molecule has 0 radical (unpaired) electrons. The number of hydrogen-bond donors (Lipinski definition) is 0. The van der Waals surface area contributed by atoms with Gasteiger partial charge < -0.3 is 9.47 Å². The van der Waals surface area contributed by atoms with E-state index in [1.54, 1.807) is 58.0 Å². The fourth-order valence-corrected chi connectivity index (χ4v) is 2.80. The van der Waals surface area contributed by atoms with Gasteiger partial charge in [-0.15, -0.1) is 0 Å². The number of nitriles is 2. The van der Waals surface area contributed by atoms with Gasteiger partial charge in [0.15, 0.2) is 5.54 Å². The van der Waals surface area contributed by atoms with Crippen LogP contribution in [-0.4, -0.2) is 41.3 Å². The summed E-state index contributed by atoms with van der Waals surface area (Å²) in [5, 5.41) is 18.9. The van der Waals surface area contributed by atoms with E-state index >= 15 is 0 Å². The molecule has 0 N–H and O–H groups in total.